The van der Waals surface area contributed by atoms with Crippen molar-refractivity contribution >= 4 is 34.5 Å². The molecule has 0 bridgehead atoms. The summed E-state index contributed by atoms with van der Waals surface area (Å²) in [5, 5.41) is 16.9. The van der Waals surface area contributed by atoms with E-state index >= 15 is 0 Å². The smallest absolute Gasteiger partial charge is 0.191 e. The second kappa shape index (κ2) is 8.00. The van der Waals surface area contributed by atoms with Gasteiger partial charge in [-0.05, 0) is 20.2 Å². The lowest BCUT2D eigenvalue weighted by Gasteiger charge is -2.23. The molecule has 3 heterocycles. The minimum Gasteiger partial charge on any atom is -0.394 e. The van der Waals surface area contributed by atoms with Crippen LogP contribution in [0.5, 0.6) is 0 Å². The van der Waals surface area contributed by atoms with Gasteiger partial charge in [0, 0.05) is 21.7 Å². The van der Waals surface area contributed by atoms with E-state index in [2.05, 4.69) is 20.3 Å². The quantitative estimate of drug-likeness (QED) is 0.397. The molecule has 11 heteroatoms. The lowest BCUT2D eigenvalue weighted by Crippen LogP contribution is -2.31. The first kappa shape index (κ1) is 13.3. The molecule has 2 aliphatic rings. The van der Waals surface area contributed by atoms with E-state index in [1.54, 1.807) is 13.8 Å². The van der Waals surface area contributed by atoms with Crippen LogP contribution >= 0.6 is 23.4 Å². The molecule has 4 rings (SSSR count). The zero-order valence-corrected chi connectivity index (χ0v) is 16.7. The number of ether oxygens (including phenoxy) is 3. The third kappa shape index (κ3) is 3.73. The number of hydrogen-bond donors (Lipinski definition) is 1. The van der Waals surface area contributed by atoms with Gasteiger partial charge in [-0.3, -0.25) is 0 Å². The van der Waals surface area contributed by atoms with E-state index < -0.39 is 49.1 Å². The van der Waals surface area contributed by atoms with Crippen molar-refractivity contribution in [2.75, 3.05) is 18.9 Å². The van der Waals surface area contributed by atoms with Crippen LogP contribution in [0, 0.1) is 0 Å². The third-order valence-electron chi connectivity index (χ3n) is 4.57. The molecule has 1 aliphatic heterocycles. The Kier molecular flexibility index (Phi) is 3.80. The summed E-state index contributed by atoms with van der Waals surface area (Å²) in [7, 11) is 0. The molecule has 0 unspecified atom stereocenters. The van der Waals surface area contributed by atoms with Crippen LogP contribution < -0.4 is 0 Å². The molecule has 28 heavy (non-hydrogen) atoms. The monoisotopic (exact) mass is 436 g/mol. The molecule has 1 N–H and O–H groups in total. The highest BCUT2D eigenvalue weighted by molar-refractivity contribution is 7.99. The number of aliphatic hydroxyl groups excluding tert-OH is 1. The fraction of sp³-hybridized carbons (Fsp3) is 0.765. The maximum absolute atomic E-state index is 9.17. The molecule has 154 valence electrons. The van der Waals surface area contributed by atoms with Gasteiger partial charge in [0.1, 0.15) is 12.2 Å². The van der Waals surface area contributed by atoms with Crippen LogP contribution in [0.1, 0.15) is 49.1 Å². The Balaban J connectivity index is 1.70. The van der Waals surface area contributed by atoms with E-state index in [1.807, 2.05) is 0 Å². The minimum absolute atomic E-state index is 0.109. The van der Waals surface area contributed by atoms with Gasteiger partial charge < -0.3 is 19.3 Å². The number of thioether (sulfide) groups is 1. The molecule has 1 aliphatic carbocycles. The average molecular weight is 437 g/mol. The van der Waals surface area contributed by atoms with Gasteiger partial charge in [0.2, 0.25) is 0 Å². The van der Waals surface area contributed by atoms with Gasteiger partial charge in [-0.1, -0.05) is 35.4 Å². The molecular formula is C17H24ClN5O4S. The van der Waals surface area contributed by atoms with Crippen LogP contribution in [0.4, 0.5) is 0 Å². The highest BCUT2D eigenvalue weighted by Gasteiger charge is 2.56. The summed E-state index contributed by atoms with van der Waals surface area (Å²) in [5.74, 6) is -0.893. The van der Waals surface area contributed by atoms with Crippen LogP contribution in [-0.2, 0) is 14.2 Å². The van der Waals surface area contributed by atoms with E-state index in [-0.39, 0.29) is 46.4 Å². The van der Waals surface area contributed by atoms with E-state index in [0.29, 0.717) is 6.42 Å². The molecule has 4 atom stereocenters. The Morgan fingerprint density at radius 3 is 3.04 bits per heavy atom. The highest BCUT2D eigenvalue weighted by Crippen LogP contribution is 2.45. The minimum atomic E-state index is -3.23. The molecule has 9 nitrogen and oxygen atoms in total. The van der Waals surface area contributed by atoms with Crippen molar-refractivity contribution in [2.24, 2.45) is 0 Å². The third-order valence-corrected chi connectivity index (χ3v) is 5.41. The number of halogens is 1. The summed E-state index contributed by atoms with van der Waals surface area (Å²) < 4.78 is 73.2. The van der Waals surface area contributed by atoms with Crippen molar-refractivity contribution in [2.45, 2.75) is 68.8 Å². The first-order chi connectivity index (χ1) is 16.1. The Morgan fingerprint density at radius 2 is 2.25 bits per heavy atom. The van der Waals surface area contributed by atoms with Gasteiger partial charge in [0.15, 0.2) is 27.3 Å². The number of rotatable bonds is 7. The second-order valence-electron chi connectivity index (χ2n) is 6.83. The molecule has 1 saturated heterocycles. The topological polar surface area (TPSA) is 104 Å². The highest BCUT2D eigenvalue weighted by atomic mass is 35.5. The molecule has 0 aromatic carbocycles. The maximum Gasteiger partial charge on any atom is 0.191 e. The molecule has 0 radical (unpaired) electrons. The lowest BCUT2D eigenvalue weighted by atomic mass is 10.2. The number of fused-ring (bicyclic) bond motifs is 2. The fourth-order valence-corrected chi connectivity index (χ4v) is 4.30. The molecule has 2 aromatic rings. The largest absolute Gasteiger partial charge is 0.394 e. The summed E-state index contributed by atoms with van der Waals surface area (Å²) in [6.45, 7) is 0.247. The van der Waals surface area contributed by atoms with E-state index in [9.17, 15) is 5.11 Å². The van der Waals surface area contributed by atoms with E-state index in [1.165, 1.54) is 4.68 Å². The second-order valence-corrected chi connectivity index (χ2v) is 7.96. The molecule has 1 saturated carbocycles. The Morgan fingerprint density at radius 1 is 1.43 bits per heavy atom. The first-order valence-electron chi connectivity index (χ1n) is 12.1. The lowest BCUT2D eigenvalue weighted by molar-refractivity contribution is -0.171. The van der Waals surface area contributed by atoms with Crippen LogP contribution in [-0.4, -0.2) is 73.1 Å². The van der Waals surface area contributed by atoms with Gasteiger partial charge in [-0.25, -0.2) is 14.6 Å². The van der Waals surface area contributed by atoms with E-state index in [4.69, 9.17) is 35.4 Å². The average Bonchev–Trinajstić information content (AvgIpc) is 3.36. The normalized spacial score (nSPS) is 34.1. The van der Waals surface area contributed by atoms with Crippen LogP contribution in [0.2, 0.25) is 5.15 Å². The van der Waals surface area contributed by atoms with Crippen LogP contribution in [0.15, 0.2) is 5.16 Å². The van der Waals surface area contributed by atoms with Gasteiger partial charge in [0.25, 0.3) is 0 Å². The predicted octanol–water partition coefficient (Wildman–Crippen LogP) is 2.22. The van der Waals surface area contributed by atoms with Crippen molar-refractivity contribution in [3.8, 4) is 0 Å². The molecule has 0 amide bonds. The van der Waals surface area contributed by atoms with Crippen molar-refractivity contribution in [1.29, 1.82) is 0 Å². The van der Waals surface area contributed by atoms with Crippen molar-refractivity contribution in [3.63, 3.8) is 0 Å². The summed E-state index contributed by atoms with van der Waals surface area (Å²) in [5.41, 5.74) is -2.65. The first-order valence-corrected chi connectivity index (χ1v) is 9.83. The number of hydrogen-bond acceptors (Lipinski definition) is 9. The SMILES string of the molecule is [2H]C([2H])([2H])C([2H])([2H])C([2H])([2H])Sc1nc(Cl)c2nnn([C@@H]3C[C@H](OCCO)[C@H]4OC(C)(C)O[C@H]43)c2n1. The molecular weight excluding hydrogens is 406 g/mol. The Hall–Kier alpha value is -1.04. The summed E-state index contributed by atoms with van der Waals surface area (Å²) in [6, 6.07) is -0.468. The van der Waals surface area contributed by atoms with Crippen LogP contribution in [0.25, 0.3) is 11.2 Å². The van der Waals surface area contributed by atoms with Gasteiger partial charge in [-0.15, -0.1) is 5.10 Å². The zero-order chi connectivity index (χ0) is 26.0. The fourth-order valence-electron chi connectivity index (χ4n) is 3.63. The van der Waals surface area contributed by atoms with Gasteiger partial charge in [0.05, 0.1) is 25.4 Å². The molecule has 0 spiro atoms. The zero-order valence-electron chi connectivity index (χ0n) is 22.1. The summed E-state index contributed by atoms with van der Waals surface area (Å²) in [6.07, 6.45) is -4.18. The van der Waals surface area contributed by atoms with Gasteiger partial charge in [-0.2, -0.15) is 0 Å². The number of nitrogens with zero attached hydrogens (tertiary/aromatic N) is 5. The number of aliphatic hydroxyl groups is 1. The van der Waals surface area contributed by atoms with Crippen molar-refractivity contribution < 1.29 is 28.9 Å². The molecule has 2 fully saturated rings. The maximum atomic E-state index is 9.17. The Labute approximate surface area is 181 Å². The Bertz CT molecular complexity index is 1100. The van der Waals surface area contributed by atoms with Crippen LogP contribution in [0.3, 0.4) is 0 Å². The standard InChI is InChI=1S/C17H24ClN5O4S/c1-4-7-28-16-19-14(18)11-15(20-16)23(22-21-11)9-8-10(25-6-5-24)13-12(9)26-17(2,3)27-13/h9-10,12-13,24H,4-8H2,1-3H3/t9-,10+,12+,13-/m1/s1/i1D3,4D2,7D2. The summed E-state index contributed by atoms with van der Waals surface area (Å²) in [4.78, 5) is 8.27. The molecule has 2 aromatic heterocycles. The predicted molar refractivity (Wildman–Crippen MR) is 103 cm³/mol. The van der Waals surface area contributed by atoms with E-state index in [0.717, 1.165) is 0 Å². The van der Waals surface area contributed by atoms with Crippen molar-refractivity contribution in [1.82, 2.24) is 25.0 Å². The van der Waals surface area contributed by atoms with Crippen molar-refractivity contribution in [3.05, 3.63) is 5.15 Å². The van der Waals surface area contributed by atoms with Gasteiger partial charge >= 0.3 is 0 Å². The number of aromatic nitrogens is 5. The summed E-state index contributed by atoms with van der Waals surface area (Å²) >= 11 is 6.46.